The number of carbonyl (C=O) groups excluding carboxylic acids is 1. The van der Waals surface area contributed by atoms with E-state index in [0.29, 0.717) is 30.5 Å². The maximum atomic E-state index is 12.8. The number of halogens is 1. The number of benzene rings is 1. The maximum Gasteiger partial charge on any atom is 0.274 e. The number of ether oxygens (including phenoxy) is 1. The van der Waals surface area contributed by atoms with Crippen LogP contribution in [0.25, 0.3) is 0 Å². The highest BCUT2D eigenvalue weighted by atomic mass is 19.1. The Bertz CT molecular complexity index is 649. The first-order valence-corrected chi connectivity index (χ1v) is 7.66. The second-order valence-corrected chi connectivity index (χ2v) is 5.59. The molecule has 5 nitrogen and oxygen atoms in total. The molecule has 0 spiro atoms. The number of hydrogen-bond donors (Lipinski definition) is 0. The van der Waals surface area contributed by atoms with Crippen molar-refractivity contribution in [2.45, 2.75) is 12.8 Å². The molecule has 0 bridgehead atoms. The number of aromatic nitrogens is 2. The molecule has 0 saturated carbocycles. The van der Waals surface area contributed by atoms with Crippen molar-refractivity contribution >= 4 is 5.91 Å². The summed E-state index contributed by atoms with van der Waals surface area (Å²) in [5, 5.41) is 0. The highest BCUT2D eigenvalue weighted by Gasteiger charge is 2.27. The van der Waals surface area contributed by atoms with Gasteiger partial charge in [-0.25, -0.2) is 9.37 Å². The Morgan fingerprint density at radius 1 is 1.30 bits per heavy atom. The summed E-state index contributed by atoms with van der Waals surface area (Å²) in [6.45, 7) is 2.00. The molecule has 120 valence electrons. The van der Waals surface area contributed by atoms with Crippen molar-refractivity contribution in [3.8, 4) is 5.75 Å². The third-order valence-corrected chi connectivity index (χ3v) is 3.96. The van der Waals surface area contributed by atoms with Gasteiger partial charge >= 0.3 is 0 Å². The first kappa shape index (κ1) is 15.4. The predicted octanol–water partition coefficient (Wildman–Crippen LogP) is 2.55. The Morgan fingerprint density at radius 3 is 2.87 bits per heavy atom. The van der Waals surface area contributed by atoms with Crippen LogP contribution in [0.5, 0.6) is 5.75 Å². The van der Waals surface area contributed by atoms with Gasteiger partial charge in [0.1, 0.15) is 17.3 Å². The molecule has 23 heavy (non-hydrogen) atoms. The van der Waals surface area contributed by atoms with Gasteiger partial charge in [0, 0.05) is 25.5 Å². The third-order valence-electron chi connectivity index (χ3n) is 3.96. The Balaban J connectivity index is 1.45. The zero-order valence-electron chi connectivity index (χ0n) is 12.7. The number of hydrogen-bond acceptors (Lipinski definition) is 4. The fourth-order valence-electron chi connectivity index (χ4n) is 2.70. The molecule has 1 saturated heterocycles. The summed E-state index contributed by atoms with van der Waals surface area (Å²) in [4.78, 5) is 22.1. The molecule has 0 aliphatic carbocycles. The number of likely N-dealkylation sites (tertiary alicyclic amines) is 1. The van der Waals surface area contributed by atoms with Crippen molar-refractivity contribution in [1.82, 2.24) is 14.9 Å². The number of amides is 1. The molecular weight excluding hydrogens is 297 g/mol. The number of nitrogens with zero attached hydrogens (tertiary/aromatic N) is 3. The lowest BCUT2D eigenvalue weighted by atomic mass is 10.1. The molecule has 0 N–H and O–H groups in total. The van der Waals surface area contributed by atoms with E-state index in [2.05, 4.69) is 9.97 Å². The van der Waals surface area contributed by atoms with Gasteiger partial charge in [0.25, 0.3) is 5.91 Å². The van der Waals surface area contributed by atoms with Gasteiger partial charge in [-0.2, -0.15) is 0 Å². The van der Waals surface area contributed by atoms with Crippen molar-refractivity contribution in [2.24, 2.45) is 5.92 Å². The van der Waals surface area contributed by atoms with Gasteiger partial charge in [-0.3, -0.25) is 9.78 Å². The van der Waals surface area contributed by atoms with Gasteiger partial charge < -0.3 is 9.64 Å². The summed E-state index contributed by atoms with van der Waals surface area (Å²) in [5.41, 5.74) is 0.385. The zero-order chi connectivity index (χ0) is 16.1. The quantitative estimate of drug-likeness (QED) is 0.851. The molecule has 0 radical (unpaired) electrons. The minimum Gasteiger partial charge on any atom is -0.494 e. The SMILES string of the molecule is O=C(c1cnccn1)N1CCC(CCOc2ccc(F)cc2)C1. The van der Waals surface area contributed by atoms with E-state index in [1.54, 1.807) is 18.3 Å². The summed E-state index contributed by atoms with van der Waals surface area (Å²) in [6, 6.07) is 6.00. The van der Waals surface area contributed by atoms with E-state index in [4.69, 9.17) is 4.74 Å². The second-order valence-electron chi connectivity index (χ2n) is 5.59. The fourth-order valence-corrected chi connectivity index (χ4v) is 2.70. The summed E-state index contributed by atoms with van der Waals surface area (Å²) >= 11 is 0. The lowest BCUT2D eigenvalue weighted by molar-refractivity contribution is 0.0779. The summed E-state index contributed by atoms with van der Waals surface area (Å²) in [7, 11) is 0. The molecule has 1 aromatic heterocycles. The highest BCUT2D eigenvalue weighted by Crippen LogP contribution is 2.21. The summed E-state index contributed by atoms with van der Waals surface area (Å²) < 4.78 is 18.4. The zero-order valence-corrected chi connectivity index (χ0v) is 12.7. The molecule has 3 rings (SSSR count). The van der Waals surface area contributed by atoms with Crippen molar-refractivity contribution in [2.75, 3.05) is 19.7 Å². The van der Waals surface area contributed by atoms with E-state index in [1.807, 2.05) is 4.90 Å². The van der Waals surface area contributed by atoms with Crippen LogP contribution in [0.1, 0.15) is 23.3 Å². The van der Waals surface area contributed by atoms with Gasteiger partial charge in [0.2, 0.25) is 0 Å². The molecule has 2 heterocycles. The van der Waals surface area contributed by atoms with Crippen LogP contribution in [-0.4, -0.2) is 40.5 Å². The minimum absolute atomic E-state index is 0.0694. The number of rotatable bonds is 5. The van der Waals surface area contributed by atoms with Crippen LogP contribution in [0.15, 0.2) is 42.9 Å². The minimum atomic E-state index is -0.272. The topological polar surface area (TPSA) is 55.3 Å². The van der Waals surface area contributed by atoms with Crippen LogP contribution in [-0.2, 0) is 0 Å². The number of carbonyl (C=O) groups is 1. The van der Waals surface area contributed by atoms with Gasteiger partial charge in [-0.1, -0.05) is 0 Å². The average molecular weight is 315 g/mol. The van der Waals surface area contributed by atoms with Gasteiger partial charge in [0.15, 0.2) is 0 Å². The Labute approximate surface area is 134 Å². The summed E-state index contributed by atoms with van der Waals surface area (Å²) in [5.74, 6) is 0.735. The smallest absolute Gasteiger partial charge is 0.274 e. The average Bonchev–Trinajstić information content (AvgIpc) is 3.06. The van der Waals surface area contributed by atoms with Gasteiger partial charge in [-0.15, -0.1) is 0 Å². The van der Waals surface area contributed by atoms with Crippen molar-refractivity contribution in [3.05, 3.63) is 54.4 Å². The monoisotopic (exact) mass is 315 g/mol. The van der Waals surface area contributed by atoms with E-state index in [9.17, 15) is 9.18 Å². The van der Waals surface area contributed by atoms with Gasteiger partial charge in [-0.05, 0) is 43.0 Å². The first-order chi connectivity index (χ1) is 11.2. The van der Waals surface area contributed by atoms with Crippen LogP contribution < -0.4 is 4.74 Å². The molecule has 1 aliphatic heterocycles. The normalized spacial score (nSPS) is 17.3. The van der Waals surface area contributed by atoms with Crippen molar-refractivity contribution < 1.29 is 13.9 Å². The van der Waals surface area contributed by atoms with Crippen molar-refractivity contribution in [3.63, 3.8) is 0 Å². The van der Waals surface area contributed by atoms with Crippen LogP contribution in [0, 0.1) is 11.7 Å². The lowest BCUT2D eigenvalue weighted by Crippen LogP contribution is -2.29. The standard InChI is InChI=1S/C17H18FN3O2/c18-14-1-3-15(4-2-14)23-10-6-13-5-9-21(12-13)17(22)16-11-19-7-8-20-16/h1-4,7-8,11,13H,5-6,9-10,12H2. The van der Waals surface area contributed by atoms with E-state index in [-0.39, 0.29) is 11.7 Å². The molecule has 6 heteroatoms. The third kappa shape index (κ3) is 4.03. The van der Waals surface area contributed by atoms with Crippen LogP contribution in [0.2, 0.25) is 0 Å². The predicted molar refractivity (Wildman–Crippen MR) is 82.6 cm³/mol. The molecule has 1 fully saturated rings. The molecule has 1 unspecified atom stereocenters. The largest absolute Gasteiger partial charge is 0.494 e. The fraction of sp³-hybridized carbons (Fsp3) is 0.353. The summed E-state index contributed by atoms with van der Waals surface area (Å²) in [6.07, 6.45) is 6.39. The molecule has 1 atom stereocenters. The molecule has 2 aromatic rings. The van der Waals surface area contributed by atoms with Crippen LogP contribution in [0.4, 0.5) is 4.39 Å². The van der Waals surface area contributed by atoms with Gasteiger partial charge in [0.05, 0.1) is 12.8 Å². The highest BCUT2D eigenvalue weighted by molar-refractivity contribution is 5.92. The first-order valence-electron chi connectivity index (χ1n) is 7.66. The van der Waals surface area contributed by atoms with E-state index >= 15 is 0 Å². The van der Waals surface area contributed by atoms with E-state index in [1.165, 1.54) is 24.5 Å². The van der Waals surface area contributed by atoms with Crippen molar-refractivity contribution in [1.29, 1.82) is 0 Å². The second kappa shape index (κ2) is 7.17. The molecular formula is C17H18FN3O2. The van der Waals surface area contributed by atoms with Crippen LogP contribution >= 0.6 is 0 Å². The van der Waals surface area contributed by atoms with E-state index < -0.39 is 0 Å². The van der Waals surface area contributed by atoms with Crippen LogP contribution in [0.3, 0.4) is 0 Å². The molecule has 1 aromatic carbocycles. The van der Waals surface area contributed by atoms with E-state index in [0.717, 1.165) is 19.4 Å². The lowest BCUT2D eigenvalue weighted by Gasteiger charge is -2.16. The molecule has 1 amide bonds. The Morgan fingerprint density at radius 2 is 2.13 bits per heavy atom. The Kier molecular flexibility index (Phi) is 4.80. The Hall–Kier alpha value is -2.50. The maximum absolute atomic E-state index is 12.8. The molecule has 1 aliphatic rings.